The Balaban J connectivity index is 1.38. The summed E-state index contributed by atoms with van der Waals surface area (Å²) < 4.78 is 11.4. The highest BCUT2D eigenvalue weighted by Crippen LogP contribution is 2.37. The van der Waals surface area contributed by atoms with E-state index in [1.165, 1.54) is 6.39 Å². The van der Waals surface area contributed by atoms with Crippen LogP contribution in [0.5, 0.6) is 0 Å². The summed E-state index contributed by atoms with van der Waals surface area (Å²) in [5.41, 5.74) is 4.24. The third kappa shape index (κ3) is 3.31. The number of morpholine rings is 1. The van der Waals surface area contributed by atoms with Gasteiger partial charge in [0.05, 0.1) is 31.6 Å². The normalized spacial score (nSPS) is 21.7. The second-order valence-corrected chi connectivity index (χ2v) is 8.43. The molecule has 0 bridgehead atoms. The molecule has 9 heteroatoms. The number of carbonyl (C=O) groups is 1. The lowest BCUT2D eigenvalue weighted by molar-refractivity contribution is -0.147. The van der Waals surface area contributed by atoms with Crippen molar-refractivity contribution in [1.82, 2.24) is 14.9 Å². The number of amides is 1. The average molecular weight is 447 g/mol. The number of aromatic nitrogens is 2. The van der Waals surface area contributed by atoms with E-state index in [9.17, 15) is 4.79 Å². The van der Waals surface area contributed by atoms with Gasteiger partial charge in [0.25, 0.3) is 5.91 Å². The number of carbonyl (C=O) groups excluding carboxylic acids is 1. The van der Waals surface area contributed by atoms with Crippen LogP contribution in [0.25, 0.3) is 11.1 Å². The van der Waals surface area contributed by atoms with Gasteiger partial charge in [-0.25, -0.2) is 4.98 Å². The Bertz CT molecular complexity index is 1120. The first kappa shape index (κ1) is 19.6. The van der Waals surface area contributed by atoms with E-state index in [2.05, 4.69) is 14.9 Å². The number of nitrogens with zero attached hydrogens (tertiary/aromatic N) is 4. The maximum atomic E-state index is 13.4. The molecule has 1 fully saturated rings. The number of hydrogen-bond donors (Lipinski definition) is 0. The van der Waals surface area contributed by atoms with Gasteiger partial charge < -0.3 is 19.0 Å². The molecule has 2 aromatic heterocycles. The Morgan fingerprint density at radius 1 is 1.23 bits per heavy atom. The Morgan fingerprint density at radius 3 is 2.97 bits per heavy atom. The molecular weight excluding hydrogens is 427 g/mol. The van der Waals surface area contributed by atoms with Crippen LogP contribution in [-0.4, -0.2) is 53.1 Å². The van der Waals surface area contributed by atoms with Gasteiger partial charge in [-0.15, -0.1) is 0 Å². The Morgan fingerprint density at radius 2 is 2.10 bits per heavy atom. The number of benzene rings is 1. The zero-order valence-corrected chi connectivity index (χ0v) is 17.9. The molecule has 0 N–H and O–H groups in total. The molecule has 4 heterocycles. The van der Waals surface area contributed by atoms with Gasteiger partial charge in [-0.1, -0.05) is 23.2 Å². The topological polar surface area (TPSA) is 71.7 Å². The van der Waals surface area contributed by atoms with Gasteiger partial charge in [0.15, 0.2) is 18.1 Å². The minimum atomic E-state index is -0.577. The number of rotatable bonds is 2. The first-order chi connectivity index (χ1) is 14.5. The van der Waals surface area contributed by atoms with Crippen molar-refractivity contribution in [1.29, 1.82) is 0 Å². The number of halogens is 2. The highest BCUT2D eigenvalue weighted by molar-refractivity contribution is 6.35. The van der Waals surface area contributed by atoms with Crippen molar-refractivity contribution in [2.45, 2.75) is 25.5 Å². The monoisotopic (exact) mass is 446 g/mol. The number of ether oxygens (including phenoxy) is 1. The highest BCUT2D eigenvalue weighted by atomic mass is 35.5. The van der Waals surface area contributed by atoms with Crippen LogP contribution < -0.4 is 4.90 Å². The number of oxazole rings is 1. The summed E-state index contributed by atoms with van der Waals surface area (Å²) >= 11 is 12.6. The lowest BCUT2D eigenvalue weighted by atomic mass is 9.93. The molecule has 156 valence electrons. The van der Waals surface area contributed by atoms with Crippen LogP contribution in [0.4, 0.5) is 5.69 Å². The van der Waals surface area contributed by atoms with Gasteiger partial charge in [0.2, 0.25) is 0 Å². The lowest BCUT2D eigenvalue weighted by Crippen LogP contribution is -2.53. The van der Waals surface area contributed by atoms with Crippen LogP contribution in [0.15, 0.2) is 35.3 Å². The van der Waals surface area contributed by atoms with Crippen molar-refractivity contribution in [3.05, 3.63) is 52.1 Å². The summed E-state index contributed by atoms with van der Waals surface area (Å²) in [4.78, 5) is 25.7. The summed E-state index contributed by atoms with van der Waals surface area (Å²) in [5.74, 6) is -0.0402. The van der Waals surface area contributed by atoms with Crippen molar-refractivity contribution in [2.75, 3.05) is 31.1 Å². The quantitative estimate of drug-likeness (QED) is 0.594. The minimum Gasteiger partial charge on any atom is -0.441 e. The van der Waals surface area contributed by atoms with Gasteiger partial charge in [-0.3, -0.25) is 9.78 Å². The van der Waals surface area contributed by atoms with Gasteiger partial charge in [0.1, 0.15) is 11.2 Å². The van der Waals surface area contributed by atoms with Crippen molar-refractivity contribution < 1.29 is 13.9 Å². The predicted octanol–water partition coefficient (Wildman–Crippen LogP) is 3.88. The molecule has 0 spiro atoms. The van der Waals surface area contributed by atoms with E-state index in [-0.39, 0.29) is 11.9 Å². The summed E-state index contributed by atoms with van der Waals surface area (Å²) in [6.45, 7) is 4.10. The predicted molar refractivity (Wildman–Crippen MR) is 114 cm³/mol. The van der Waals surface area contributed by atoms with Gasteiger partial charge >= 0.3 is 0 Å². The molecule has 0 saturated carbocycles. The fraction of sp³-hybridized carbons (Fsp3) is 0.381. The summed E-state index contributed by atoms with van der Waals surface area (Å²) in [6.07, 6.45) is 4.94. The number of hydrogen-bond acceptors (Lipinski definition) is 6. The van der Waals surface area contributed by atoms with Crippen molar-refractivity contribution in [3.8, 4) is 0 Å². The van der Waals surface area contributed by atoms with E-state index in [4.69, 9.17) is 32.4 Å². The Labute approximate surface area is 183 Å². The highest BCUT2D eigenvalue weighted by Gasteiger charge is 2.36. The maximum Gasteiger partial charge on any atom is 0.254 e. The molecule has 0 radical (unpaired) electrons. The van der Waals surface area contributed by atoms with Crippen LogP contribution in [0.3, 0.4) is 0 Å². The fourth-order valence-corrected chi connectivity index (χ4v) is 5.10. The second-order valence-electron chi connectivity index (χ2n) is 7.58. The number of fused-ring (bicyclic) bond motifs is 2. The van der Waals surface area contributed by atoms with E-state index in [0.717, 1.165) is 16.8 Å². The van der Waals surface area contributed by atoms with Crippen molar-refractivity contribution in [3.63, 3.8) is 0 Å². The largest absolute Gasteiger partial charge is 0.441 e. The van der Waals surface area contributed by atoms with E-state index < -0.39 is 6.10 Å². The smallest absolute Gasteiger partial charge is 0.254 e. The van der Waals surface area contributed by atoms with Crippen molar-refractivity contribution >= 4 is 45.9 Å². The summed E-state index contributed by atoms with van der Waals surface area (Å²) in [7, 11) is 0. The Hall–Kier alpha value is -2.35. The first-order valence-electron chi connectivity index (χ1n) is 9.85. The van der Waals surface area contributed by atoms with Crippen LogP contribution in [0.2, 0.25) is 10.0 Å². The fourth-order valence-electron chi connectivity index (χ4n) is 4.41. The molecule has 1 aromatic carbocycles. The minimum absolute atomic E-state index is 0.0402. The van der Waals surface area contributed by atoms with Crippen LogP contribution >= 0.6 is 23.2 Å². The molecule has 2 aliphatic rings. The molecule has 0 aliphatic carbocycles. The molecular formula is C21H20Cl2N4O3. The first-order valence-corrected chi connectivity index (χ1v) is 10.6. The van der Waals surface area contributed by atoms with E-state index in [0.29, 0.717) is 53.8 Å². The van der Waals surface area contributed by atoms with E-state index in [1.54, 1.807) is 18.5 Å². The number of pyridine rings is 1. The Kier molecular flexibility index (Phi) is 5.05. The standard InChI is InChI=1S/C21H20Cl2N4O3/c1-12-19-13(6-14(22)7-15(19)23)2-3-27(12)21(28)18-10-26(4-5-29-18)17-9-24-8-16-20(17)30-11-25-16/h6-9,11-12,18H,2-5,10H2,1H3/t12-,18+/m0/s1. The van der Waals surface area contributed by atoms with Crippen molar-refractivity contribution in [2.24, 2.45) is 0 Å². The van der Waals surface area contributed by atoms with Crippen LogP contribution in [0, 0.1) is 0 Å². The second kappa shape index (κ2) is 7.72. The maximum absolute atomic E-state index is 13.4. The molecule has 0 unspecified atom stereocenters. The van der Waals surface area contributed by atoms with Crippen LogP contribution in [-0.2, 0) is 16.0 Å². The zero-order chi connectivity index (χ0) is 20.8. The molecule has 2 atom stereocenters. The molecule has 1 amide bonds. The van der Waals surface area contributed by atoms with Gasteiger partial charge in [-0.2, -0.15) is 0 Å². The van der Waals surface area contributed by atoms with E-state index >= 15 is 0 Å². The third-order valence-electron chi connectivity index (χ3n) is 5.87. The zero-order valence-electron chi connectivity index (χ0n) is 16.3. The van der Waals surface area contributed by atoms with Gasteiger partial charge in [-0.05, 0) is 36.6 Å². The molecule has 2 aliphatic heterocycles. The molecule has 7 nitrogen and oxygen atoms in total. The molecule has 5 rings (SSSR count). The molecule has 3 aromatic rings. The van der Waals surface area contributed by atoms with E-state index in [1.807, 2.05) is 17.9 Å². The molecule has 1 saturated heterocycles. The molecule has 30 heavy (non-hydrogen) atoms. The summed E-state index contributed by atoms with van der Waals surface area (Å²) in [5, 5.41) is 1.21. The lowest BCUT2D eigenvalue weighted by Gasteiger charge is -2.40. The van der Waals surface area contributed by atoms with Crippen LogP contribution in [0.1, 0.15) is 24.1 Å². The summed E-state index contributed by atoms with van der Waals surface area (Å²) in [6, 6.07) is 3.52. The van der Waals surface area contributed by atoms with Gasteiger partial charge in [0, 0.05) is 23.1 Å². The number of anilines is 1. The third-order valence-corrected chi connectivity index (χ3v) is 6.41. The average Bonchev–Trinajstić information content (AvgIpc) is 3.22. The SMILES string of the molecule is C[C@H]1c2c(Cl)cc(Cl)cc2CCN1C(=O)[C@H]1CN(c2cncc3ncoc23)CCO1.